The van der Waals surface area contributed by atoms with E-state index in [1.807, 2.05) is 18.2 Å². The molecule has 3 heteroatoms. The van der Waals surface area contributed by atoms with Gasteiger partial charge in [-0.25, -0.2) is 0 Å². The van der Waals surface area contributed by atoms with E-state index in [1.165, 1.54) is 44.1 Å². The van der Waals surface area contributed by atoms with E-state index in [4.69, 9.17) is 34.8 Å². The zero-order valence-electron chi connectivity index (χ0n) is 12.3. The standard InChI is InChI=1S/C17H25Cl3/c1-2-3-4-5-6-7-11-17(13-18,14-19)15-9-8-10-16(20)12-15/h8-10,12H,2-7,11,13-14H2,1H3. The van der Waals surface area contributed by atoms with Crippen LogP contribution in [0.15, 0.2) is 24.3 Å². The first-order valence-electron chi connectivity index (χ1n) is 7.56. The molecule has 1 aromatic carbocycles. The lowest BCUT2D eigenvalue weighted by atomic mass is 9.79. The number of benzene rings is 1. The summed E-state index contributed by atoms with van der Waals surface area (Å²) in [6.07, 6.45) is 8.74. The fourth-order valence-corrected chi connectivity index (χ4v) is 3.58. The second-order valence-electron chi connectivity index (χ2n) is 5.58. The highest BCUT2D eigenvalue weighted by Gasteiger charge is 2.30. The molecule has 0 fully saturated rings. The number of rotatable bonds is 10. The van der Waals surface area contributed by atoms with Crippen molar-refractivity contribution in [3.63, 3.8) is 0 Å². The molecule has 1 aromatic rings. The third-order valence-corrected chi connectivity index (χ3v) is 5.22. The van der Waals surface area contributed by atoms with Crippen LogP contribution in [-0.4, -0.2) is 11.8 Å². The Bertz CT molecular complexity index is 372. The first kappa shape index (κ1) is 18.1. The average Bonchev–Trinajstić information content (AvgIpc) is 2.47. The van der Waals surface area contributed by atoms with Gasteiger partial charge < -0.3 is 0 Å². The van der Waals surface area contributed by atoms with Gasteiger partial charge in [0.15, 0.2) is 0 Å². The summed E-state index contributed by atoms with van der Waals surface area (Å²) in [5.74, 6) is 1.09. The van der Waals surface area contributed by atoms with Crippen molar-refractivity contribution >= 4 is 34.8 Å². The van der Waals surface area contributed by atoms with Crippen molar-refractivity contribution in [3.8, 4) is 0 Å². The minimum absolute atomic E-state index is 0.140. The molecule has 0 amide bonds. The third kappa shape index (κ3) is 5.47. The molecule has 0 atom stereocenters. The molecule has 0 aliphatic rings. The number of halogens is 3. The molecule has 0 spiro atoms. The van der Waals surface area contributed by atoms with Gasteiger partial charge in [0.2, 0.25) is 0 Å². The molecule has 114 valence electrons. The Hall–Kier alpha value is 0.0900. The van der Waals surface area contributed by atoms with Crippen LogP contribution < -0.4 is 0 Å². The highest BCUT2D eigenvalue weighted by Crippen LogP contribution is 2.34. The zero-order valence-corrected chi connectivity index (χ0v) is 14.6. The predicted molar refractivity (Wildman–Crippen MR) is 92.6 cm³/mol. The predicted octanol–water partition coefficient (Wildman–Crippen LogP) is 6.81. The third-order valence-electron chi connectivity index (χ3n) is 3.96. The van der Waals surface area contributed by atoms with E-state index >= 15 is 0 Å². The molecule has 0 heterocycles. The minimum Gasteiger partial charge on any atom is -0.126 e. The Kier molecular flexibility index (Phi) is 9.00. The van der Waals surface area contributed by atoms with Crippen LogP contribution in [0, 0.1) is 0 Å². The van der Waals surface area contributed by atoms with Crippen molar-refractivity contribution < 1.29 is 0 Å². The SMILES string of the molecule is CCCCCCCCC(CCl)(CCl)c1cccc(Cl)c1. The maximum Gasteiger partial charge on any atom is 0.0408 e. The van der Waals surface area contributed by atoms with Crippen molar-refractivity contribution in [2.24, 2.45) is 0 Å². The Balaban J connectivity index is 2.58. The molecule has 0 N–H and O–H groups in total. The van der Waals surface area contributed by atoms with Gasteiger partial charge in [0.05, 0.1) is 0 Å². The van der Waals surface area contributed by atoms with Gasteiger partial charge in [0, 0.05) is 22.2 Å². The summed E-state index contributed by atoms with van der Waals surface area (Å²) >= 11 is 18.6. The summed E-state index contributed by atoms with van der Waals surface area (Å²) in [6, 6.07) is 7.97. The largest absolute Gasteiger partial charge is 0.126 e. The van der Waals surface area contributed by atoms with Gasteiger partial charge in [-0.1, -0.05) is 69.2 Å². The summed E-state index contributed by atoms with van der Waals surface area (Å²) in [4.78, 5) is 0. The van der Waals surface area contributed by atoms with Crippen molar-refractivity contribution in [1.29, 1.82) is 0 Å². The first-order chi connectivity index (χ1) is 9.68. The van der Waals surface area contributed by atoms with E-state index in [2.05, 4.69) is 13.0 Å². The molecule has 0 aromatic heterocycles. The van der Waals surface area contributed by atoms with E-state index in [0.717, 1.165) is 11.4 Å². The molecule has 0 saturated carbocycles. The second-order valence-corrected chi connectivity index (χ2v) is 6.55. The lowest BCUT2D eigenvalue weighted by Gasteiger charge is -2.30. The summed E-state index contributed by atoms with van der Waals surface area (Å²) < 4.78 is 0. The normalized spacial score (nSPS) is 11.8. The highest BCUT2D eigenvalue weighted by molar-refractivity contribution is 6.30. The van der Waals surface area contributed by atoms with Gasteiger partial charge in [-0.3, -0.25) is 0 Å². The monoisotopic (exact) mass is 334 g/mol. The number of hydrogen-bond donors (Lipinski definition) is 0. The van der Waals surface area contributed by atoms with Gasteiger partial charge in [-0.05, 0) is 24.1 Å². The summed E-state index contributed by atoms with van der Waals surface area (Å²) in [5, 5.41) is 0.755. The van der Waals surface area contributed by atoms with E-state index < -0.39 is 0 Å². The van der Waals surface area contributed by atoms with E-state index in [-0.39, 0.29) is 5.41 Å². The van der Waals surface area contributed by atoms with Crippen LogP contribution in [0.3, 0.4) is 0 Å². The molecule has 1 rings (SSSR count). The lowest BCUT2D eigenvalue weighted by molar-refractivity contribution is 0.452. The van der Waals surface area contributed by atoms with Crippen LogP contribution in [0.4, 0.5) is 0 Å². The van der Waals surface area contributed by atoms with Gasteiger partial charge in [0.1, 0.15) is 0 Å². The average molecular weight is 336 g/mol. The molecule has 0 saturated heterocycles. The van der Waals surface area contributed by atoms with Crippen LogP contribution in [0.25, 0.3) is 0 Å². The van der Waals surface area contributed by atoms with Crippen molar-refractivity contribution in [2.45, 2.75) is 57.3 Å². The molecule has 0 nitrogen and oxygen atoms in total. The maximum atomic E-state index is 6.25. The summed E-state index contributed by atoms with van der Waals surface area (Å²) in [6.45, 7) is 2.24. The van der Waals surface area contributed by atoms with Gasteiger partial charge in [-0.2, -0.15) is 0 Å². The van der Waals surface area contributed by atoms with E-state index in [1.54, 1.807) is 0 Å². The molecular weight excluding hydrogens is 311 g/mol. The minimum atomic E-state index is -0.140. The first-order valence-corrected chi connectivity index (χ1v) is 9.01. The topological polar surface area (TPSA) is 0 Å². The van der Waals surface area contributed by atoms with Crippen LogP contribution >= 0.6 is 34.8 Å². The Morgan fingerprint density at radius 3 is 2.20 bits per heavy atom. The van der Waals surface area contributed by atoms with E-state index in [0.29, 0.717) is 11.8 Å². The second kappa shape index (κ2) is 9.92. The van der Waals surface area contributed by atoms with E-state index in [9.17, 15) is 0 Å². The Morgan fingerprint density at radius 2 is 1.60 bits per heavy atom. The number of hydrogen-bond acceptors (Lipinski definition) is 0. The fraction of sp³-hybridized carbons (Fsp3) is 0.647. The van der Waals surface area contributed by atoms with Crippen LogP contribution in [0.5, 0.6) is 0 Å². The van der Waals surface area contributed by atoms with Crippen LogP contribution in [0.1, 0.15) is 57.4 Å². The van der Waals surface area contributed by atoms with Crippen LogP contribution in [-0.2, 0) is 5.41 Å². The number of alkyl halides is 2. The molecular formula is C17H25Cl3. The molecule has 20 heavy (non-hydrogen) atoms. The maximum absolute atomic E-state index is 6.25. The fourth-order valence-electron chi connectivity index (χ4n) is 2.53. The van der Waals surface area contributed by atoms with Crippen LogP contribution in [0.2, 0.25) is 5.02 Å². The Morgan fingerprint density at radius 1 is 0.950 bits per heavy atom. The molecule has 0 bridgehead atoms. The molecule has 0 unspecified atom stereocenters. The zero-order chi connectivity index (χ0) is 14.8. The molecule has 0 radical (unpaired) electrons. The van der Waals surface area contributed by atoms with Crippen molar-refractivity contribution in [3.05, 3.63) is 34.9 Å². The van der Waals surface area contributed by atoms with Crippen molar-refractivity contribution in [1.82, 2.24) is 0 Å². The highest BCUT2D eigenvalue weighted by atomic mass is 35.5. The van der Waals surface area contributed by atoms with Gasteiger partial charge in [-0.15, -0.1) is 23.2 Å². The smallest absolute Gasteiger partial charge is 0.0408 e. The van der Waals surface area contributed by atoms with Crippen molar-refractivity contribution in [2.75, 3.05) is 11.8 Å². The summed E-state index contributed by atoms with van der Waals surface area (Å²) in [5.41, 5.74) is 1.03. The number of unbranched alkanes of at least 4 members (excludes halogenated alkanes) is 5. The Labute approximate surface area is 138 Å². The van der Waals surface area contributed by atoms with Gasteiger partial charge >= 0.3 is 0 Å². The lowest BCUT2D eigenvalue weighted by Crippen LogP contribution is -2.30. The van der Waals surface area contributed by atoms with Gasteiger partial charge in [0.25, 0.3) is 0 Å². The molecule has 0 aliphatic carbocycles. The summed E-state index contributed by atoms with van der Waals surface area (Å²) in [7, 11) is 0. The molecule has 0 aliphatic heterocycles. The quantitative estimate of drug-likeness (QED) is 0.325.